The average Bonchev–Trinajstić information content (AvgIpc) is 2.89. The summed E-state index contributed by atoms with van der Waals surface area (Å²) in [5.41, 5.74) is 3.44. The maximum Gasteiger partial charge on any atom is 0.341 e. The number of anilines is 1. The number of ether oxygens (including phenoxy) is 1. The van der Waals surface area contributed by atoms with Crippen LogP contribution in [0.25, 0.3) is 0 Å². The van der Waals surface area contributed by atoms with Gasteiger partial charge in [-0.3, -0.25) is 4.68 Å². The summed E-state index contributed by atoms with van der Waals surface area (Å²) in [6.45, 7) is 6.18. The predicted molar refractivity (Wildman–Crippen MR) is 74.8 cm³/mol. The zero-order chi connectivity index (χ0) is 14.9. The van der Waals surface area contributed by atoms with Gasteiger partial charge < -0.3 is 14.5 Å². The fraction of sp³-hybridized carbons (Fsp3) is 0.429. The van der Waals surface area contributed by atoms with Gasteiger partial charge in [0.25, 0.3) is 0 Å². The zero-order valence-corrected chi connectivity index (χ0v) is 12.4. The third-order valence-electron chi connectivity index (χ3n) is 3.32. The lowest BCUT2D eigenvalue weighted by molar-refractivity contribution is 0.0599. The molecule has 1 N–H and O–H groups in total. The number of methoxy groups -OCH3 is 1. The summed E-state index contributed by atoms with van der Waals surface area (Å²) in [4.78, 5) is 11.5. The van der Waals surface area contributed by atoms with Crippen LogP contribution in [0.1, 0.15) is 33.3 Å². The number of nitrogens with one attached hydrogen (secondary N) is 1. The molecule has 0 radical (unpaired) electrons. The highest BCUT2D eigenvalue weighted by Crippen LogP contribution is 2.21. The van der Waals surface area contributed by atoms with E-state index in [1.165, 1.54) is 7.11 Å². The third kappa shape index (κ3) is 2.54. The number of carbonyl (C=O) groups excluding carboxylic acids is 1. The second-order valence-electron chi connectivity index (χ2n) is 4.70. The van der Waals surface area contributed by atoms with E-state index in [1.807, 2.05) is 25.6 Å². The molecule has 2 rings (SSSR count). The topological polar surface area (TPSA) is 69.3 Å². The molecule has 0 unspecified atom stereocenters. The van der Waals surface area contributed by atoms with Crippen LogP contribution >= 0.6 is 0 Å². The van der Waals surface area contributed by atoms with Crippen LogP contribution in [0.4, 0.5) is 5.69 Å². The molecule has 2 heterocycles. The van der Waals surface area contributed by atoms with Gasteiger partial charge in [-0.2, -0.15) is 5.10 Å². The zero-order valence-electron chi connectivity index (χ0n) is 12.4. The highest BCUT2D eigenvalue weighted by Gasteiger charge is 2.16. The van der Waals surface area contributed by atoms with Gasteiger partial charge in [0.15, 0.2) is 0 Å². The third-order valence-corrected chi connectivity index (χ3v) is 3.32. The van der Waals surface area contributed by atoms with Crippen LogP contribution in [0.15, 0.2) is 10.5 Å². The van der Waals surface area contributed by atoms with Crippen molar-refractivity contribution in [2.75, 3.05) is 12.4 Å². The molecule has 0 aliphatic carbocycles. The quantitative estimate of drug-likeness (QED) is 0.869. The Morgan fingerprint density at radius 3 is 2.70 bits per heavy atom. The van der Waals surface area contributed by atoms with E-state index in [1.54, 1.807) is 13.0 Å². The first-order chi connectivity index (χ1) is 9.43. The van der Waals surface area contributed by atoms with E-state index in [4.69, 9.17) is 9.15 Å². The van der Waals surface area contributed by atoms with E-state index in [0.29, 0.717) is 23.6 Å². The van der Waals surface area contributed by atoms with Crippen LogP contribution in [0.3, 0.4) is 0 Å². The number of carbonyl (C=O) groups is 1. The van der Waals surface area contributed by atoms with Crippen molar-refractivity contribution in [1.29, 1.82) is 0 Å². The minimum absolute atomic E-state index is 0.383. The first-order valence-corrected chi connectivity index (χ1v) is 6.35. The summed E-state index contributed by atoms with van der Waals surface area (Å²) >= 11 is 0. The standard InChI is InChI=1S/C14H19N3O3/c1-8-13(9(2)17(4)16-8)15-7-11-6-12(10(3)20-11)14(18)19-5/h6,15H,7H2,1-5H3. The lowest BCUT2D eigenvalue weighted by Crippen LogP contribution is -2.02. The van der Waals surface area contributed by atoms with Gasteiger partial charge in [-0.1, -0.05) is 0 Å². The normalized spacial score (nSPS) is 10.7. The van der Waals surface area contributed by atoms with Crippen molar-refractivity contribution in [2.24, 2.45) is 7.05 Å². The van der Waals surface area contributed by atoms with Crippen molar-refractivity contribution in [3.63, 3.8) is 0 Å². The number of aromatic nitrogens is 2. The lowest BCUT2D eigenvalue weighted by atomic mass is 10.2. The van der Waals surface area contributed by atoms with Crippen LogP contribution < -0.4 is 5.32 Å². The molecule has 0 aliphatic rings. The highest BCUT2D eigenvalue weighted by molar-refractivity contribution is 5.90. The molecule has 20 heavy (non-hydrogen) atoms. The fourth-order valence-corrected chi connectivity index (χ4v) is 2.15. The van der Waals surface area contributed by atoms with Crippen LogP contribution in [0, 0.1) is 20.8 Å². The highest BCUT2D eigenvalue weighted by atomic mass is 16.5. The van der Waals surface area contributed by atoms with E-state index in [9.17, 15) is 4.79 Å². The number of hydrogen-bond acceptors (Lipinski definition) is 5. The molecule has 0 saturated carbocycles. The predicted octanol–water partition coefficient (Wildman–Crippen LogP) is 2.34. The van der Waals surface area contributed by atoms with Gasteiger partial charge >= 0.3 is 5.97 Å². The van der Waals surface area contributed by atoms with Crippen LogP contribution in [-0.2, 0) is 18.3 Å². The number of hydrogen-bond donors (Lipinski definition) is 1. The molecule has 0 amide bonds. The molecule has 2 aromatic rings. The maximum absolute atomic E-state index is 11.5. The van der Waals surface area contributed by atoms with Gasteiger partial charge in [0.05, 0.1) is 30.7 Å². The van der Waals surface area contributed by atoms with E-state index >= 15 is 0 Å². The number of aryl methyl sites for hydroxylation is 3. The summed E-state index contributed by atoms with van der Waals surface area (Å²) in [5.74, 6) is 0.866. The Balaban J connectivity index is 2.13. The smallest absolute Gasteiger partial charge is 0.341 e. The van der Waals surface area contributed by atoms with E-state index in [0.717, 1.165) is 17.1 Å². The SMILES string of the molecule is COC(=O)c1cc(CNc2c(C)nn(C)c2C)oc1C. The Kier molecular flexibility index (Phi) is 3.83. The molecule has 0 aliphatic heterocycles. The first kappa shape index (κ1) is 14.2. The Morgan fingerprint density at radius 2 is 2.15 bits per heavy atom. The Bertz CT molecular complexity index is 640. The maximum atomic E-state index is 11.5. The Labute approximate surface area is 117 Å². The molecule has 0 bridgehead atoms. The van der Waals surface area contributed by atoms with E-state index in [2.05, 4.69) is 10.4 Å². The second kappa shape index (κ2) is 5.40. The first-order valence-electron chi connectivity index (χ1n) is 6.35. The molecule has 0 saturated heterocycles. The minimum Gasteiger partial charge on any atom is -0.465 e. The number of furan rings is 1. The van der Waals surface area contributed by atoms with Crippen LogP contribution in [-0.4, -0.2) is 22.9 Å². The summed E-state index contributed by atoms with van der Waals surface area (Å²) in [6, 6.07) is 1.70. The van der Waals surface area contributed by atoms with Crippen molar-refractivity contribution >= 4 is 11.7 Å². The van der Waals surface area contributed by atoms with E-state index in [-0.39, 0.29) is 5.97 Å². The molecule has 6 nitrogen and oxygen atoms in total. The Morgan fingerprint density at radius 1 is 1.45 bits per heavy atom. The molecular formula is C14H19N3O3. The fourth-order valence-electron chi connectivity index (χ4n) is 2.15. The second-order valence-corrected chi connectivity index (χ2v) is 4.70. The molecular weight excluding hydrogens is 258 g/mol. The molecule has 6 heteroatoms. The lowest BCUT2D eigenvalue weighted by Gasteiger charge is -2.04. The van der Waals surface area contributed by atoms with Gasteiger partial charge in [-0.25, -0.2) is 4.79 Å². The van der Waals surface area contributed by atoms with Gasteiger partial charge in [0, 0.05) is 7.05 Å². The number of rotatable bonds is 4. The van der Waals surface area contributed by atoms with Gasteiger partial charge in [-0.15, -0.1) is 0 Å². The molecule has 2 aromatic heterocycles. The molecule has 0 atom stereocenters. The largest absolute Gasteiger partial charge is 0.465 e. The monoisotopic (exact) mass is 277 g/mol. The summed E-state index contributed by atoms with van der Waals surface area (Å²) in [5, 5.41) is 7.62. The summed E-state index contributed by atoms with van der Waals surface area (Å²) in [6.07, 6.45) is 0. The van der Waals surface area contributed by atoms with Crippen molar-refractivity contribution in [3.05, 3.63) is 34.5 Å². The summed E-state index contributed by atoms with van der Waals surface area (Å²) < 4.78 is 12.1. The van der Waals surface area contributed by atoms with Crippen molar-refractivity contribution in [1.82, 2.24) is 9.78 Å². The number of nitrogens with zero attached hydrogens (tertiary/aromatic N) is 2. The molecule has 0 spiro atoms. The van der Waals surface area contributed by atoms with Gasteiger partial charge in [-0.05, 0) is 26.8 Å². The van der Waals surface area contributed by atoms with Gasteiger partial charge in [0.2, 0.25) is 0 Å². The van der Waals surface area contributed by atoms with Gasteiger partial charge in [0.1, 0.15) is 17.1 Å². The molecule has 0 aromatic carbocycles. The minimum atomic E-state index is -0.383. The van der Waals surface area contributed by atoms with Crippen molar-refractivity contribution < 1.29 is 13.9 Å². The molecule has 0 fully saturated rings. The van der Waals surface area contributed by atoms with Crippen LogP contribution in [0.5, 0.6) is 0 Å². The van der Waals surface area contributed by atoms with E-state index < -0.39 is 0 Å². The van der Waals surface area contributed by atoms with Crippen LogP contribution in [0.2, 0.25) is 0 Å². The Hall–Kier alpha value is -2.24. The summed E-state index contributed by atoms with van der Waals surface area (Å²) in [7, 11) is 3.26. The van der Waals surface area contributed by atoms with Crippen molar-refractivity contribution in [2.45, 2.75) is 27.3 Å². The number of esters is 1. The molecule has 108 valence electrons. The van der Waals surface area contributed by atoms with Crippen molar-refractivity contribution in [3.8, 4) is 0 Å². The average molecular weight is 277 g/mol.